The van der Waals surface area contributed by atoms with Gasteiger partial charge in [-0.1, -0.05) is 0 Å². The number of carbonyl (C=O) groups excluding carboxylic acids is 1. The highest BCUT2D eigenvalue weighted by Crippen LogP contribution is 2.32. The van der Waals surface area contributed by atoms with Crippen molar-refractivity contribution in [1.82, 2.24) is 5.32 Å². The van der Waals surface area contributed by atoms with E-state index in [1.807, 2.05) is 0 Å². The van der Waals surface area contributed by atoms with Gasteiger partial charge in [0, 0.05) is 11.8 Å². The summed E-state index contributed by atoms with van der Waals surface area (Å²) in [4.78, 5) is 11.5. The van der Waals surface area contributed by atoms with Gasteiger partial charge in [0.2, 0.25) is 5.91 Å². The van der Waals surface area contributed by atoms with E-state index in [0.29, 0.717) is 18.9 Å². The monoisotopic (exact) mass is 293 g/mol. The van der Waals surface area contributed by atoms with Crippen molar-refractivity contribution in [3.63, 3.8) is 0 Å². The molecule has 7 heteroatoms. The van der Waals surface area contributed by atoms with Crippen LogP contribution in [0.2, 0.25) is 0 Å². The summed E-state index contributed by atoms with van der Waals surface area (Å²) in [7, 11) is -2.86. The van der Waals surface area contributed by atoms with E-state index in [1.165, 1.54) is 11.8 Å². The zero-order valence-corrected chi connectivity index (χ0v) is 11.8. The van der Waals surface area contributed by atoms with Crippen LogP contribution in [0.15, 0.2) is 0 Å². The maximum Gasteiger partial charge on any atom is 0.230 e. The minimum atomic E-state index is -2.86. The summed E-state index contributed by atoms with van der Waals surface area (Å²) >= 11 is 1.40. The molecule has 5 nitrogen and oxygen atoms in total. The van der Waals surface area contributed by atoms with E-state index in [2.05, 4.69) is 5.32 Å². The Morgan fingerprint density at radius 1 is 1.39 bits per heavy atom. The number of aliphatic hydroxyl groups is 1. The van der Waals surface area contributed by atoms with Gasteiger partial charge in [0.1, 0.15) is 0 Å². The van der Waals surface area contributed by atoms with Crippen LogP contribution in [0, 0.1) is 5.92 Å². The minimum Gasteiger partial charge on any atom is -0.391 e. The maximum atomic E-state index is 11.5. The Kier molecular flexibility index (Phi) is 4.55. The summed E-state index contributed by atoms with van der Waals surface area (Å²) in [6.07, 6.45) is 2.31. The Labute approximate surface area is 112 Å². The number of hydrogen-bond donors (Lipinski definition) is 2. The van der Waals surface area contributed by atoms with Crippen molar-refractivity contribution in [3.05, 3.63) is 0 Å². The first-order valence-electron chi connectivity index (χ1n) is 6.23. The van der Waals surface area contributed by atoms with Gasteiger partial charge in [-0.2, -0.15) is 0 Å². The van der Waals surface area contributed by atoms with Gasteiger partial charge >= 0.3 is 0 Å². The number of hydrogen-bond acceptors (Lipinski definition) is 5. The molecule has 1 aliphatic carbocycles. The van der Waals surface area contributed by atoms with Crippen molar-refractivity contribution < 1.29 is 18.3 Å². The Morgan fingerprint density at radius 2 is 2.11 bits per heavy atom. The minimum absolute atomic E-state index is 0.0501. The van der Waals surface area contributed by atoms with Gasteiger partial charge in [-0.3, -0.25) is 4.79 Å². The molecule has 0 radical (unpaired) electrons. The van der Waals surface area contributed by atoms with Crippen molar-refractivity contribution in [2.45, 2.75) is 30.6 Å². The smallest absolute Gasteiger partial charge is 0.230 e. The van der Waals surface area contributed by atoms with E-state index < -0.39 is 15.9 Å². The van der Waals surface area contributed by atoms with Crippen LogP contribution in [-0.2, 0) is 14.6 Å². The summed E-state index contributed by atoms with van der Waals surface area (Å²) in [5.41, 5.74) is 0. The fraction of sp³-hybridized carbons (Fsp3) is 0.909. The fourth-order valence-corrected chi connectivity index (χ4v) is 5.48. The number of thioether (sulfide) groups is 1. The van der Waals surface area contributed by atoms with Gasteiger partial charge in [-0.15, -0.1) is 11.8 Å². The van der Waals surface area contributed by atoms with Crippen LogP contribution < -0.4 is 5.32 Å². The predicted molar refractivity (Wildman–Crippen MR) is 71.3 cm³/mol. The van der Waals surface area contributed by atoms with Gasteiger partial charge in [0.15, 0.2) is 9.84 Å². The molecular weight excluding hydrogens is 274 g/mol. The molecule has 18 heavy (non-hydrogen) atoms. The largest absolute Gasteiger partial charge is 0.391 e. The van der Waals surface area contributed by atoms with Gasteiger partial charge in [0.05, 0.1) is 23.4 Å². The highest BCUT2D eigenvalue weighted by molar-refractivity contribution is 8.02. The van der Waals surface area contributed by atoms with E-state index >= 15 is 0 Å². The molecule has 2 atom stereocenters. The molecule has 0 spiro atoms. The Hall–Kier alpha value is -0.270. The second kappa shape index (κ2) is 5.79. The molecule has 1 saturated carbocycles. The number of sulfone groups is 1. The molecule has 2 rings (SSSR count). The Balaban J connectivity index is 1.60. The highest BCUT2D eigenvalue weighted by atomic mass is 32.2. The van der Waals surface area contributed by atoms with Crippen LogP contribution in [0.1, 0.15) is 19.3 Å². The molecule has 2 fully saturated rings. The summed E-state index contributed by atoms with van der Waals surface area (Å²) in [5.74, 6) is 0.946. The third-order valence-corrected chi connectivity index (χ3v) is 6.60. The SMILES string of the molecule is O=C(CSC1CCS(=O)(=O)C1)NCC(O)C1CC1. The van der Waals surface area contributed by atoms with E-state index in [9.17, 15) is 18.3 Å². The summed E-state index contributed by atoms with van der Waals surface area (Å²) < 4.78 is 22.5. The molecule has 2 aliphatic rings. The zero-order chi connectivity index (χ0) is 13.2. The molecule has 2 unspecified atom stereocenters. The third-order valence-electron chi connectivity index (χ3n) is 3.32. The number of amides is 1. The normalized spacial score (nSPS) is 27.9. The van der Waals surface area contributed by atoms with Crippen LogP contribution in [-0.4, -0.2) is 54.6 Å². The molecule has 2 N–H and O–H groups in total. The first kappa shape index (κ1) is 14.1. The van der Waals surface area contributed by atoms with Gasteiger partial charge < -0.3 is 10.4 Å². The number of rotatable bonds is 6. The van der Waals surface area contributed by atoms with E-state index in [4.69, 9.17) is 0 Å². The molecular formula is C11H19NO4S2. The van der Waals surface area contributed by atoms with Crippen molar-refractivity contribution in [1.29, 1.82) is 0 Å². The van der Waals surface area contributed by atoms with Crippen molar-refractivity contribution in [2.75, 3.05) is 23.8 Å². The lowest BCUT2D eigenvalue weighted by atomic mass is 10.2. The van der Waals surface area contributed by atoms with Crippen molar-refractivity contribution >= 4 is 27.5 Å². The summed E-state index contributed by atoms with van der Waals surface area (Å²) in [6.45, 7) is 0.313. The molecule has 0 aromatic heterocycles. The van der Waals surface area contributed by atoms with Crippen LogP contribution in [0.5, 0.6) is 0 Å². The Morgan fingerprint density at radius 3 is 2.67 bits per heavy atom. The van der Waals surface area contributed by atoms with E-state index in [1.54, 1.807) is 0 Å². The van der Waals surface area contributed by atoms with Gasteiger partial charge in [-0.05, 0) is 25.2 Å². The molecule has 0 bridgehead atoms. The topological polar surface area (TPSA) is 83.5 Å². The lowest BCUT2D eigenvalue weighted by Gasteiger charge is -2.11. The molecule has 104 valence electrons. The van der Waals surface area contributed by atoms with Crippen molar-refractivity contribution in [2.24, 2.45) is 5.92 Å². The molecule has 0 aromatic rings. The molecule has 1 heterocycles. The lowest BCUT2D eigenvalue weighted by Crippen LogP contribution is -2.34. The molecule has 1 aliphatic heterocycles. The Bertz CT molecular complexity index is 405. The number of nitrogens with one attached hydrogen (secondary N) is 1. The van der Waals surface area contributed by atoms with Crippen LogP contribution in [0.4, 0.5) is 0 Å². The summed E-state index contributed by atoms with van der Waals surface area (Å²) in [5, 5.41) is 12.3. The molecule has 1 saturated heterocycles. The first-order valence-corrected chi connectivity index (χ1v) is 9.10. The highest BCUT2D eigenvalue weighted by Gasteiger charge is 2.30. The lowest BCUT2D eigenvalue weighted by molar-refractivity contribution is -0.119. The standard InChI is InChI=1S/C11H19NO4S2/c13-10(8-1-2-8)5-12-11(14)6-17-9-3-4-18(15,16)7-9/h8-10,13H,1-7H2,(H,12,14). The quantitative estimate of drug-likeness (QED) is 0.708. The third kappa shape index (κ3) is 4.44. The molecule has 1 amide bonds. The van der Waals surface area contributed by atoms with Crippen LogP contribution >= 0.6 is 11.8 Å². The van der Waals surface area contributed by atoms with Crippen LogP contribution in [0.25, 0.3) is 0 Å². The van der Waals surface area contributed by atoms with E-state index in [-0.39, 0.29) is 28.4 Å². The van der Waals surface area contributed by atoms with Crippen molar-refractivity contribution in [3.8, 4) is 0 Å². The summed E-state index contributed by atoms with van der Waals surface area (Å²) in [6, 6.07) is 0. The maximum absolute atomic E-state index is 11.5. The van der Waals surface area contributed by atoms with Gasteiger partial charge in [-0.25, -0.2) is 8.42 Å². The first-order chi connectivity index (χ1) is 8.46. The number of aliphatic hydroxyl groups excluding tert-OH is 1. The second-order valence-corrected chi connectivity index (χ2v) is 8.56. The van der Waals surface area contributed by atoms with Crippen LogP contribution in [0.3, 0.4) is 0 Å². The van der Waals surface area contributed by atoms with Gasteiger partial charge in [0.25, 0.3) is 0 Å². The second-order valence-electron chi connectivity index (χ2n) is 5.04. The number of carbonyl (C=O) groups is 1. The average Bonchev–Trinajstić information content (AvgIpc) is 3.09. The average molecular weight is 293 g/mol. The fourth-order valence-electron chi connectivity index (χ4n) is 2.00. The zero-order valence-electron chi connectivity index (χ0n) is 10.2. The predicted octanol–water partition coefficient (Wildman–Crippen LogP) is -0.206. The van der Waals surface area contributed by atoms with E-state index in [0.717, 1.165) is 12.8 Å². The molecule has 0 aromatic carbocycles.